The highest BCUT2D eigenvalue weighted by atomic mass is 32.2. The Morgan fingerprint density at radius 1 is 1.10 bits per heavy atom. The number of carbonyl (C=O) groups is 1. The van der Waals surface area contributed by atoms with Gasteiger partial charge in [-0.1, -0.05) is 73.4 Å². The molecule has 0 saturated carbocycles. The van der Waals surface area contributed by atoms with Crippen molar-refractivity contribution in [1.29, 1.82) is 0 Å². The van der Waals surface area contributed by atoms with Gasteiger partial charge in [-0.15, -0.1) is 0 Å². The van der Waals surface area contributed by atoms with Crippen molar-refractivity contribution in [2.45, 2.75) is 26.4 Å². The normalized spacial score (nSPS) is 16.2. The summed E-state index contributed by atoms with van der Waals surface area (Å²) in [6.07, 6.45) is 2.85. The standard InChI is InChI=1S/C25H23NO3S2/c1-4-16(2)29-21-13-12-17(14-22(21)28-3)15-23-24(27)26(25(30)31-23)20-11-7-9-18-8-5-6-10-19(18)20/h5-16H,4H2,1-3H3/b23-15+/t16-/m1/s1. The van der Waals surface area contributed by atoms with Crippen LogP contribution in [0.1, 0.15) is 25.8 Å². The Hall–Kier alpha value is -2.83. The van der Waals surface area contributed by atoms with Gasteiger partial charge >= 0.3 is 0 Å². The van der Waals surface area contributed by atoms with E-state index in [1.54, 1.807) is 12.0 Å². The Balaban J connectivity index is 1.66. The lowest BCUT2D eigenvalue weighted by Gasteiger charge is -2.17. The van der Waals surface area contributed by atoms with Gasteiger partial charge in [-0.3, -0.25) is 9.69 Å². The zero-order valence-corrected chi connectivity index (χ0v) is 19.3. The summed E-state index contributed by atoms with van der Waals surface area (Å²) >= 11 is 6.88. The number of nitrogens with zero attached hydrogens (tertiary/aromatic N) is 1. The number of anilines is 1. The highest BCUT2D eigenvalue weighted by Gasteiger charge is 2.34. The van der Waals surface area contributed by atoms with Crippen LogP contribution in [0.3, 0.4) is 0 Å². The lowest BCUT2D eigenvalue weighted by molar-refractivity contribution is -0.113. The summed E-state index contributed by atoms with van der Waals surface area (Å²) in [7, 11) is 1.61. The maximum atomic E-state index is 13.3. The van der Waals surface area contributed by atoms with Crippen molar-refractivity contribution in [3.8, 4) is 11.5 Å². The van der Waals surface area contributed by atoms with E-state index in [1.165, 1.54) is 11.8 Å². The maximum absolute atomic E-state index is 13.3. The zero-order valence-electron chi connectivity index (χ0n) is 17.6. The van der Waals surface area contributed by atoms with Gasteiger partial charge in [-0.05, 0) is 48.6 Å². The van der Waals surface area contributed by atoms with Crippen molar-refractivity contribution in [1.82, 2.24) is 0 Å². The van der Waals surface area contributed by atoms with E-state index in [0.717, 1.165) is 28.4 Å². The molecule has 6 heteroatoms. The number of thioether (sulfide) groups is 1. The molecule has 0 radical (unpaired) electrons. The van der Waals surface area contributed by atoms with Crippen LogP contribution >= 0.6 is 24.0 Å². The molecular formula is C25H23NO3S2. The fourth-order valence-corrected chi connectivity index (χ4v) is 4.69. The van der Waals surface area contributed by atoms with Gasteiger partial charge in [-0.2, -0.15) is 0 Å². The van der Waals surface area contributed by atoms with Crippen molar-refractivity contribution in [2.24, 2.45) is 0 Å². The minimum absolute atomic E-state index is 0.0942. The number of benzene rings is 3. The van der Waals surface area contributed by atoms with Gasteiger partial charge in [0, 0.05) is 5.39 Å². The molecule has 1 aliphatic heterocycles. The Labute approximate surface area is 191 Å². The first kappa shape index (κ1) is 21.4. The van der Waals surface area contributed by atoms with Crippen LogP contribution in [-0.4, -0.2) is 23.4 Å². The summed E-state index contributed by atoms with van der Waals surface area (Å²) in [5, 5.41) is 2.07. The molecule has 0 N–H and O–H groups in total. The lowest BCUT2D eigenvalue weighted by atomic mass is 10.1. The summed E-state index contributed by atoms with van der Waals surface area (Å²) < 4.78 is 11.9. The van der Waals surface area contributed by atoms with Crippen LogP contribution in [0.4, 0.5) is 5.69 Å². The molecule has 1 aliphatic rings. The second-order valence-electron chi connectivity index (χ2n) is 7.26. The number of amides is 1. The van der Waals surface area contributed by atoms with Crippen LogP contribution < -0.4 is 14.4 Å². The summed E-state index contributed by atoms with van der Waals surface area (Å²) in [5.41, 5.74) is 1.66. The van der Waals surface area contributed by atoms with Gasteiger partial charge in [0.1, 0.15) is 0 Å². The van der Waals surface area contributed by atoms with E-state index in [9.17, 15) is 4.79 Å². The molecule has 4 nitrogen and oxygen atoms in total. The van der Waals surface area contributed by atoms with Gasteiger partial charge in [0.2, 0.25) is 0 Å². The molecule has 0 aliphatic carbocycles. The molecule has 4 rings (SSSR count). The quantitative estimate of drug-likeness (QED) is 0.320. The summed E-state index contributed by atoms with van der Waals surface area (Å²) in [6.45, 7) is 4.09. The minimum atomic E-state index is -0.120. The van der Waals surface area contributed by atoms with Gasteiger partial charge in [-0.25, -0.2) is 0 Å². The first-order chi connectivity index (χ1) is 15.0. The van der Waals surface area contributed by atoms with Crippen LogP contribution in [-0.2, 0) is 4.79 Å². The van der Waals surface area contributed by atoms with Crippen molar-refractivity contribution in [2.75, 3.05) is 12.0 Å². The van der Waals surface area contributed by atoms with Crippen molar-refractivity contribution in [3.63, 3.8) is 0 Å². The van der Waals surface area contributed by atoms with E-state index in [2.05, 4.69) is 6.92 Å². The third kappa shape index (κ3) is 4.31. The molecule has 1 fully saturated rings. The molecule has 0 aromatic heterocycles. The molecule has 3 aromatic carbocycles. The van der Waals surface area contributed by atoms with Crippen LogP contribution in [0.5, 0.6) is 11.5 Å². The number of thiocarbonyl (C=S) groups is 1. The molecule has 0 spiro atoms. The Kier molecular flexibility index (Phi) is 6.30. The van der Waals surface area contributed by atoms with Gasteiger partial charge < -0.3 is 9.47 Å². The molecule has 158 valence electrons. The summed E-state index contributed by atoms with van der Waals surface area (Å²) in [4.78, 5) is 15.5. The van der Waals surface area contributed by atoms with Crippen LogP contribution in [0.15, 0.2) is 65.6 Å². The number of rotatable bonds is 6. The molecule has 1 amide bonds. The fraction of sp³-hybridized carbons (Fsp3) is 0.200. The molecule has 1 atom stereocenters. The van der Waals surface area contributed by atoms with Gasteiger partial charge in [0.15, 0.2) is 15.8 Å². The topological polar surface area (TPSA) is 38.8 Å². The van der Waals surface area contributed by atoms with Crippen molar-refractivity contribution >= 4 is 56.7 Å². The highest BCUT2D eigenvalue weighted by molar-refractivity contribution is 8.27. The minimum Gasteiger partial charge on any atom is -0.493 e. The zero-order chi connectivity index (χ0) is 22.0. The number of fused-ring (bicyclic) bond motifs is 1. The molecule has 1 saturated heterocycles. The van der Waals surface area contributed by atoms with E-state index in [4.69, 9.17) is 21.7 Å². The fourth-order valence-electron chi connectivity index (χ4n) is 3.40. The lowest BCUT2D eigenvalue weighted by Crippen LogP contribution is -2.27. The average Bonchev–Trinajstić information content (AvgIpc) is 3.06. The third-order valence-corrected chi connectivity index (χ3v) is 6.49. The first-order valence-electron chi connectivity index (χ1n) is 10.1. The van der Waals surface area contributed by atoms with Crippen LogP contribution in [0.25, 0.3) is 16.8 Å². The molecule has 0 bridgehead atoms. The van der Waals surface area contributed by atoms with Crippen molar-refractivity contribution < 1.29 is 14.3 Å². The molecule has 31 heavy (non-hydrogen) atoms. The molecule has 3 aromatic rings. The number of carbonyl (C=O) groups excluding carboxylic acids is 1. The predicted molar refractivity (Wildman–Crippen MR) is 133 cm³/mol. The SMILES string of the molecule is CC[C@@H](C)Oc1ccc(/C=C2/SC(=S)N(c3cccc4ccccc34)C2=O)cc1OC. The van der Waals surface area contributed by atoms with Gasteiger partial charge in [0.05, 0.1) is 23.8 Å². The number of hydrogen-bond acceptors (Lipinski definition) is 5. The van der Waals surface area contributed by atoms with E-state index >= 15 is 0 Å². The van der Waals surface area contributed by atoms with E-state index in [-0.39, 0.29) is 12.0 Å². The monoisotopic (exact) mass is 449 g/mol. The maximum Gasteiger partial charge on any atom is 0.270 e. The molecular weight excluding hydrogens is 426 g/mol. The predicted octanol–water partition coefficient (Wildman–Crippen LogP) is 6.43. The molecule has 0 unspecified atom stereocenters. The second kappa shape index (κ2) is 9.12. The van der Waals surface area contributed by atoms with Gasteiger partial charge in [0.25, 0.3) is 5.91 Å². The number of ether oxygens (including phenoxy) is 2. The first-order valence-corrected chi connectivity index (χ1v) is 11.3. The van der Waals surface area contributed by atoms with Crippen LogP contribution in [0, 0.1) is 0 Å². The number of methoxy groups -OCH3 is 1. The smallest absolute Gasteiger partial charge is 0.270 e. The Bertz CT molecular complexity index is 1180. The average molecular weight is 450 g/mol. The third-order valence-electron chi connectivity index (χ3n) is 5.19. The summed E-state index contributed by atoms with van der Waals surface area (Å²) in [6, 6.07) is 19.6. The summed E-state index contributed by atoms with van der Waals surface area (Å²) in [5.74, 6) is 1.21. The Morgan fingerprint density at radius 2 is 1.87 bits per heavy atom. The van der Waals surface area contributed by atoms with E-state index in [0.29, 0.717) is 20.7 Å². The van der Waals surface area contributed by atoms with Crippen molar-refractivity contribution in [3.05, 3.63) is 71.1 Å². The van der Waals surface area contributed by atoms with Crippen LogP contribution in [0.2, 0.25) is 0 Å². The van der Waals surface area contributed by atoms with E-state index in [1.807, 2.05) is 73.7 Å². The Morgan fingerprint density at radius 3 is 2.65 bits per heavy atom. The molecule has 1 heterocycles. The highest BCUT2D eigenvalue weighted by Crippen LogP contribution is 2.39. The largest absolute Gasteiger partial charge is 0.493 e. The number of hydrogen-bond donors (Lipinski definition) is 0. The second-order valence-corrected chi connectivity index (χ2v) is 8.94. The van der Waals surface area contributed by atoms with E-state index < -0.39 is 0 Å².